The summed E-state index contributed by atoms with van der Waals surface area (Å²) >= 11 is 0. The molecule has 0 amide bonds. The Morgan fingerprint density at radius 1 is 0.405 bits per heavy atom. The Bertz CT molecular complexity index is 485. The van der Waals surface area contributed by atoms with E-state index < -0.39 is 0 Å². The van der Waals surface area contributed by atoms with Gasteiger partial charge in [0.25, 0.3) is 0 Å². The highest BCUT2D eigenvalue weighted by Crippen LogP contribution is 2.28. The number of nitrogens with zero attached hydrogens (tertiary/aromatic N) is 2. The Balaban J connectivity index is 1.97. The zero-order chi connectivity index (χ0) is 26.5. The summed E-state index contributed by atoms with van der Waals surface area (Å²) in [4.78, 5) is 8.94. The fourth-order valence-corrected chi connectivity index (χ4v) is 5.89. The van der Waals surface area contributed by atoms with Crippen LogP contribution in [-0.4, -0.2) is 12.4 Å². The molecule has 1 heterocycles. The van der Waals surface area contributed by atoms with Gasteiger partial charge in [-0.25, -0.2) is 0 Å². The molecule has 0 aliphatic carbocycles. The van der Waals surface area contributed by atoms with E-state index in [0.29, 0.717) is 0 Å². The standard InChI is InChI=1S/C35H67N2/c1-3-5-7-9-11-13-15-17-18-20-22-24-26-28-30-34(33-35-36-31-32-37-35)29-27-25-23-21-19-16-14-12-10-8-6-4-2/h31-32,34H,3-30,33H2,1-2H3/q+1. The van der Waals surface area contributed by atoms with Crippen molar-refractivity contribution in [2.75, 3.05) is 0 Å². The van der Waals surface area contributed by atoms with Gasteiger partial charge in [0.05, 0.1) is 6.42 Å². The van der Waals surface area contributed by atoms with Gasteiger partial charge in [0.2, 0.25) is 6.17 Å². The van der Waals surface area contributed by atoms with Crippen molar-refractivity contribution in [1.82, 2.24) is 0 Å². The number of unbranched alkanes of at least 4 members (excludes halogenated alkanes) is 24. The summed E-state index contributed by atoms with van der Waals surface area (Å²) in [6.07, 6.45) is 46.2. The molecule has 0 saturated carbocycles. The second-order valence-electron chi connectivity index (χ2n) is 12.1. The molecule has 0 spiro atoms. The van der Waals surface area contributed by atoms with Crippen molar-refractivity contribution in [3.63, 3.8) is 0 Å². The van der Waals surface area contributed by atoms with Gasteiger partial charge in [-0.15, -0.1) is 0 Å². The second kappa shape index (κ2) is 28.2. The lowest BCUT2D eigenvalue weighted by Gasteiger charge is -2.15. The van der Waals surface area contributed by atoms with Gasteiger partial charge in [-0.05, 0) is 18.8 Å². The van der Waals surface area contributed by atoms with Crippen LogP contribution >= 0.6 is 0 Å². The van der Waals surface area contributed by atoms with Crippen molar-refractivity contribution in [3.05, 3.63) is 6.17 Å². The fourth-order valence-electron chi connectivity index (χ4n) is 5.89. The van der Waals surface area contributed by atoms with Crippen molar-refractivity contribution in [2.24, 2.45) is 15.9 Å². The van der Waals surface area contributed by atoms with E-state index in [1.54, 1.807) is 0 Å². The predicted octanol–water partition coefficient (Wildman–Crippen LogP) is 12.6. The number of hydrogen-bond acceptors (Lipinski definition) is 2. The fraction of sp³-hybridized carbons (Fsp3) is 0.914. The van der Waals surface area contributed by atoms with Crippen molar-refractivity contribution < 1.29 is 0 Å². The first-order chi connectivity index (χ1) is 18.4. The monoisotopic (exact) mass is 516 g/mol. The lowest BCUT2D eigenvalue weighted by Crippen LogP contribution is -2.05. The zero-order valence-corrected chi connectivity index (χ0v) is 25.6. The third-order valence-electron chi connectivity index (χ3n) is 8.42. The maximum Gasteiger partial charge on any atom is 0.240 e. The van der Waals surface area contributed by atoms with Crippen LogP contribution in [-0.2, 0) is 0 Å². The summed E-state index contributed by atoms with van der Waals surface area (Å²) in [5.41, 5.74) is 0. The van der Waals surface area contributed by atoms with Crippen molar-refractivity contribution in [1.29, 1.82) is 0 Å². The molecule has 2 nitrogen and oxygen atoms in total. The molecule has 1 aliphatic heterocycles. The van der Waals surface area contributed by atoms with E-state index in [4.69, 9.17) is 0 Å². The molecular weight excluding hydrogens is 448 g/mol. The minimum atomic E-state index is 0.794. The van der Waals surface area contributed by atoms with Gasteiger partial charge in [-0.3, -0.25) is 0 Å². The predicted molar refractivity (Wildman–Crippen MR) is 169 cm³/mol. The first-order valence-corrected chi connectivity index (χ1v) is 17.3. The first kappa shape index (κ1) is 34.2. The summed E-state index contributed by atoms with van der Waals surface area (Å²) in [7, 11) is 0. The smallest absolute Gasteiger partial charge is 0.0968 e. The number of hydrogen-bond donors (Lipinski definition) is 0. The minimum Gasteiger partial charge on any atom is -0.0968 e. The molecule has 0 aromatic heterocycles. The molecule has 0 radical (unpaired) electrons. The van der Waals surface area contributed by atoms with Crippen LogP contribution in [0, 0.1) is 12.1 Å². The maximum absolute atomic E-state index is 4.47. The normalized spacial score (nSPS) is 13.7. The lowest BCUT2D eigenvalue weighted by molar-refractivity contribution is 0.384. The molecule has 1 atom stereocenters. The molecule has 0 fully saturated rings. The van der Waals surface area contributed by atoms with Gasteiger partial charge in [-0.1, -0.05) is 191 Å². The van der Waals surface area contributed by atoms with Gasteiger partial charge >= 0.3 is 0 Å². The molecule has 216 valence electrons. The van der Waals surface area contributed by atoms with Crippen LogP contribution < -0.4 is 0 Å². The van der Waals surface area contributed by atoms with E-state index in [1.807, 2.05) is 12.4 Å². The molecule has 2 heteroatoms. The van der Waals surface area contributed by atoms with E-state index in [1.165, 1.54) is 180 Å². The highest BCUT2D eigenvalue weighted by molar-refractivity contribution is 6.18. The molecule has 1 unspecified atom stereocenters. The third-order valence-corrected chi connectivity index (χ3v) is 8.42. The second-order valence-corrected chi connectivity index (χ2v) is 12.1. The first-order valence-electron chi connectivity index (χ1n) is 17.3. The minimum absolute atomic E-state index is 0.794. The topological polar surface area (TPSA) is 24.7 Å². The van der Waals surface area contributed by atoms with Crippen LogP contribution in [0.5, 0.6) is 0 Å². The van der Waals surface area contributed by atoms with E-state index in [2.05, 4.69) is 23.8 Å². The largest absolute Gasteiger partial charge is 0.240 e. The van der Waals surface area contributed by atoms with E-state index in [-0.39, 0.29) is 0 Å². The summed E-state index contributed by atoms with van der Waals surface area (Å²) in [6.45, 7) is 4.61. The van der Waals surface area contributed by atoms with Gasteiger partial charge in [0.15, 0.2) is 12.4 Å². The summed E-state index contributed by atoms with van der Waals surface area (Å²) in [5.74, 6) is 0.794. The molecule has 0 aromatic rings. The molecule has 37 heavy (non-hydrogen) atoms. The summed E-state index contributed by atoms with van der Waals surface area (Å²) < 4.78 is 0. The van der Waals surface area contributed by atoms with E-state index in [9.17, 15) is 0 Å². The molecule has 1 rings (SSSR count). The van der Waals surface area contributed by atoms with Crippen molar-refractivity contribution >= 4 is 12.4 Å². The summed E-state index contributed by atoms with van der Waals surface area (Å²) in [5, 5.41) is 0. The summed E-state index contributed by atoms with van der Waals surface area (Å²) in [6, 6.07) is 0. The van der Waals surface area contributed by atoms with Gasteiger partial charge in [0.1, 0.15) is 0 Å². The number of aliphatic imine (C=N–C) groups is 2. The van der Waals surface area contributed by atoms with E-state index >= 15 is 0 Å². The lowest BCUT2D eigenvalue weighted by atomic mass is 9.90. The average molecular weight is 516 g/mol. The molecule has 0 aromatic carbocycles. The maximum atomic E-state index is 4.47. The Hall–Kier alpha value is -0.790. The highest BCUT2D eigenvalue weighted by Gasteiger charge is 2.22. The van der Waals surface area contributed by atoms with Crippen LogP contribution in [0.25, 0.3) is 0 Å². The van der Waals surface area contributed by atoms with Crippen LogP contribution in [0.1, 0.15) is 200 Å². The molecular formula is C35H67N2+. The highest BCUT2D eigenvalue weighted by atomic mass is 15.0. The molecule has 0 bridgehead atoms. The van der Waals surface area contributed by atoms with Crippen LogP contribution in [0.4, 0.5) is 0 Å². The average Bonchev–Trinajstić information content (AvgIpc) is 3.42. The van der Waals surface area contributed by atoms with Gasteiger partial charge in [-0.2, -0.15) is 0 Å². The van der Waals surface area contributed by atoms with Crippen LogP contribution in [0.15, 0.2) is 9.98 Å². The van der Waals surface area contributed by atoms with Crippen LogP contribution in [0.3, 0.4) is 0 Å². The van der Waals surface area contributed by atoms with Gasteiger partial charge in [0, 0.05) is 0 Å². The Kier molecular flexibility index (Phi) is 26.1. The zero-order valence-electron chi connectivity index (χ0n) is 25.6. The van der Waals surface area contributed by atoms with Crippen LogP contribution in [0.2, 0.25) is 0 Å². The van der Waals surface area contributed by atoms with Crippen molar-refractivity contribution in [3.8, 4) is 0 Å². The van der Waals surface area contributed by atoms with Gasteiger partial charge < -0.3 is 0 Å². The molecule has 0 saturated heterocycles. The Labute approximate surface area is 234 Å². The van der Waals surface area contributed by atoms with Crippen molar-refractivity contribution in [2.45, 2.75) is 200 Å². The number of rotatable bonds is 30. The third kappa shape index (κ3) is 24.0. The van der Waals surface area contributed by atoms with E-state index in [0.717, 1.165) is 18.5 Å². The SMILES string of the molecule is CCCCCCCCCCCCCCCCC(CCCCCCCCCCCCCC)C[C+]1N=CC=N1. The molecule has 0 N–H and O–H groups in total. The molecule has 1 aliphatic rings. The Morgan fingerprint density at radius 3 is 0.973 bits per heavy atom. The Morgan fingerprint density at radius 2 is 0.676 bits per heavy atom. The quantitative estimate of drug-likeness (QED) is 0.0671.